The average Bonchev–Trinajstić information content (AvgIpc) is 2.64. The van der Waals surface area contributed by atoms with E-state index in [1.807, 2.05) is 20.0 Å². The van der Waals surface area contributed by atoms with Gasteiger partial charge in [-0.25, -0.2) is 9.67 Å². The van der Waals surface area contributed by atoms with Crippen LogP contribution < -0.4 is 0 Å². The predicted molar refractivity (Wildman–Crippen MR) is 45.2 cm³/mol. The third-order valence-electron chi connectivity index (χ3n) is 1.94. The molecule has 0 saturated carbocycles. The number of aryl methyl sites for hydroxylation is 1. The molecule has 12 heavy (non-hydrogen) atoms. The Bertz CT molecular complexity index is 372. The SMILES string of the molecule is Cc1cnn(-c2ncc[nH]2)c1C. The minimum Gasteiger partial charge on any atom is -0.329 e. The number of nitrogens with zero attached hydrogens (tertiary/aromatic N) is 3. The molecular formula is C8H10N4. The first-order valence-electron chi connectivity index (χ1n) is 3.80. The Labute approximate surface area is 70.3 Å². The van der Waals surface area contributed by atoms with Crippen LogP contribution in [0.1, 0.15) is 11.3 Å². The van der Waals surface area contributed by atoms with Gasteiger partial charge in [-0.2, -0.15) is 5.10 Å². The molecule has 0 saturated heterocycles. The summed E-state index contributed by atoms with van der Waals surface area (Å²) in [5.41, 5.74) is 2.29. The van der Waals surface area contributed by atoms with Crippen LogP contribution >= 0.6 is 0 Å². The lowest BCUT2D eigenvalue weighted by Crippen LogP contribution is -2.00. The highest BCUT2D eigenvalue weighted by atomic mass is 15.3. The van der Waals surface area contributed by atoms with E-state index in [9.17, 15) is 0 Å². The maximum absolute atomic E-state index is 4.18. The summed E-state index contributed by atoms with van der Waals surface area (Å²) in [6, 6.07) is 0. The second-order valence-electron chi connectivity index (χ2n) is 2.74. The van der Waals surface area contributed by atoms with Gasteiger partial charge in [-0.3, -0.25) is 0 Å². The van der Waals surface area contributed by atoms with Crippen LogP contribution in [0.2, 0.25) is 0 Å². The van der Waals surface area contributed by atoms with E-state index in [2.05, 4.69) is 15.1 Å². The predicted octanol–water partition coefficient (Wildman–Crippen LogP) is 1.21. The van der Waals surface area contributed by atoms with Gasteiger partial charge in [-0.05, 0) is 19.4 Å². The van der Waals surface area contributed by atoms with Crippen LogP contribution in [0.4, 0.5) is 0 Å². The first kappa shape index (κ1) is 7.09. The zero-order chi connectivity index (χ0) is 8.55. The van der Waals surface area contributed by atoms with Gasteiger partial charge < -0.3 is 4.98 Å². The molecule has 4 heteroatoms. The van der Waals surface area contributed by atoms with Gasteiger partial charge in [0.1, 0.15) is 0 Å². The lowest BCUT2D eigenvalue weighted by molar-refractivity contribution is 0.796. The molecule has 0 aliphatic heterocycles. The van der Waals surface area contributed by atoms with E-state index in [0.717, 1.165) is 11.6 Å². The van der Waals surface area contributed by atoms with E-state index in [0.29, 0.717) is 0 Å². The standard InChI is InChI=1S/C8H10N4/c1-6-5-11-12(7(6)2)8-9-3-4-10-8/h3-5H,1-2H3,(H,9,10). The summed E-state index contributed by atoms with van der Waals surface area (Å²) in [5, 5.41) is 4.18. The Morgan fingerprint density at radius 3 is 2.75 bits per heavy atom. The molecule has 0 atom stereocenters. The molecule has 2 aromatic heterocycles. The summed E-state index contributed by atoms with van der Waals surface area (Å²) in [5.74, 6) is 0.764. The van der Waals surface area contributed by atoms with Crippen LogP contribution in [-0.2, 0) is 0 Å². The summed E-state index contributed by atoms with van der Waals surface area (Å²) < 4.78 is 1.79. The second-order valence-corrected chi connectivity index (χ2v) is 2.74. The summed E-state index contributed by atoms with van der Waals surface area (Å²) in [7, 11) is 0. The minimum absolute atomic E-state index is 0.764. The van der Waals surface area contributed by atoms with E-state index >= 15 is 0 Å². The first-order valence-corrected chi connectivity index (χ1v) is 3.80. The van der Waals surface area contributed by atoms with Crippen LogP contribution in [0.3, 0.4) is 0 Å². The highest BCUT2D eigenvalue weighted by Gasteiger charge is 2.04. The minimum atomic E-state index is 0.764. The summed E-state index contributed by atoms with van der Waals surface area (Å²) in [6.45, 7) is 4.05. The fourth-order valence-corrected chi connectivity index (χ4v) is 1.08. The van der Waals surface area contributed by atoms with Crippen molar-refractivity contribution in [3.63, 3.8) is 0 Å². The molecule has 1 N–H and O–H groups in total. The molecule has 0 radical (unpaired) electrons. The number of rotatable bonds is 1. The van der Waals surface area contributed by atoms with Gasteiger partial charge in [0.15, 0.2) is 0 Å². The van der Waals surface area contributed by atoms with Crippen molar-refractivity contribution < 1.29 is 0 Å². The second kappa shape index (κ2) is 2.48. The Morgan fingerprint density at radius 2 is 2.25 bits per heavy atom. The van der Waals surface area contributed by atoms with Crippen LogP contribution in [0, 0.1) is 13.8 Å². The molecule has 0 bridgehead atoms. The molecule has 62 valence electrons. The van der Waals surface area contributed by atoms with E-state index in [4.69, 9.17) is 0 Å². The van der Waals surface area contributed by atoms with Crippen molar-refractivity contribution >= 4 is 0 Å². The molecule has 2 rings (SSSR count). The molecule has 0 aliphatic rings. The molecule has 0 spiro atoms. The molecule has 0 aliphatic carbocycles. The summed E-state index contributed by atoms with van der Waals surface area (Å²) >= 11 is 0. The highest BCUT2D eigenvalue weighted by Crippen LogP contribution is 2.08. The van der Waals surface area contributed by atoms with E-state index < -0.39 is 0 Å². The van der Waals surface area contributed by atoms with Crippen LogP contribution in [0.15, 0.2) is 18.6 Å². The third kappa shape index (κ3) is 0.922. The van der Waals surface area contributed by atoms with Crippen LogP contribution in [-0.4, -0.2) is 19.7 Å². The van der Waals surface area contributed by atoms with Crippen LogP contribution in [0.5, 0.6) is 0 Å². The molecule has 4 nitrogen and oxygen atoms in total. The molecule has 0 amide bonds. The number of imidazole rings is 1. The number of aromatic nitrogens is 4. The van der Waals surface area contributed by atoms with E-state index in [-0.39, 0.29) is 0 Å². The molecule has 0 unspecified atom stereocenters. The van der Waals surface area contributed by atoms with Gasteiger partial charge in [0.05, 0.1) is 6.20 Å². The maximum Gasteiger partial charge on any atom is 0.228 e. The van der Waals surface area contributed by atoms with Crippen LogP contribution in [0.25, 0.3) is 5.95 Å². The van der Waals surface area contributed by atoms with Crippen molar-refractivity contribution in [2.24, 2.45) is 0 Å². The number of nitrogens with one attached hydrogen (secondary N) is 1. The molecule has 2 aromatic rings. The fourth-order valence-electron chi connectivity index (χ4n) is 1.08. The van der Waals surface area contributed by atoms with Gasteiger partial charge in [-0.15, -0.1) is 0 Å². The quantitative estimate of drug-likeness (QED) is 0.685. The van der Waals surface area contributed by atoms with E-state index in [1.54, 1.807) is 17.1 Å². The maximum atomic E-state index is 4.18. The van der Waals surface area contributed by atoms with Crippen molar-refractivity contribution in [2.45, 2.75) is 13.8 Å². The van der Waals surface area contributed by atoms with Gasteiger partial charge in [0.25, 0.3) is 0 Å². The largest absolute Gasteiger partial charge is 0.329 e. The Morgan fingerprint density at radius 1 is 1.42 bits per heavy atom. The zero-order valence-electron chi connectivity index (χ0n) is 7.07. The molecular weight excluding hydrogens is 152 g/mol. The lowest BCUT2D eigenvalue weighted by atomic mass is 10.3. The number of H-pyrrole nitrogens is 1. The normalized spacial score (nSPS) is 10.5. The monoisotopic (exact) mass is 162 g/mol. The third-order valence-corrected chi connectivity index (χ3v) is 1.94. The molecule has 2 heterocycles. The molecule has 0 fully saturated rings. The van der Waals surface area contributed by atoms with E-state index in [1.165, 1.54) is 5.56 Å². The van der Waals surface area contributed by atoms with Gasteiger partial charge in [0, 0.05) is 18.1 Å². The van der Waals surface area contributed by atoms with Crippen molar-refractivity contribution in [3.05, 3.63) is 29.8 Å². The van der Waals surface area contributed by atoms with Crippen molar-refractivity contribution in [2.75, 3.05) is 0 Å². The topological polar surface area (TPSA) is 46.5 Å². The number of aromatic amines is 1. The zero-order valence-corrected chi connectivity index (χ0v) is 7.07. The summed E-state index contributed by atoms with van der Waals surface area (Å²) in [6.07, 6.45) is 5.33. The van der Waals surface area contributed by atoms with Gasteiger partial charge >= 0.3 is 0 Å². The number of hydrogen-bond acceptors (Lipinski definition) is 2. The Balaban J connectivity index is 2.55. The van der Waals surface area contributed by atoms with Crippen molar-refractivity contribution in [1.29, 1.82) is 0 Å². The smallest absolute Gasteiger partial charge is 0.228 e. The van der Waals surface area contributed by atoms with Gasteiger partial charge in [-0.1, -0.05) is 0 Å². The lowest BCUT2D eigenvalue weighted by Gasteiger charge is -1.98. The number of hydrogen-bond donors (Lipinski definition) is 1. The van der Waals surface area contributed by atoms with Gasteiger partial charge in [0.2, 0.25) is 5.95 Å². The fraction of sp³-hybridized carbons (Fsp3) is 0.250. The first-order chi connectivity index (χ1) is 5.79. The Hall–Kier alpha value is -1.58. The average molecular weight is 162 g/mol. The van der Waals surface area contributed by atoms with Crippen molar-refractivity contribution in [3.8, 4) is 5.95 Å². The summed E-state index contributed by atoms with van der Waals surface area (Å²) in [4.78, 5) is 7.10. The van der Waals surface area contributed by atoms with Crippen molar-refractivity contribution in [1.82, 2.24) is 19.7 Å². The molecule has 0 aromatic carbocycles. The Kier molecular flexibility index (Phi) is 1.46. The highest BCUT2D eigenvalue weighted by molar-refractivity contribution is 5.21.